The van der Waals surface area contributed by atoms with Gasteiger partial charge in [-0.3, -0.25) is 4.79 Å². The normalized spacial score (nSPS) is 30.7. The van der Waals surface area contributed by atoms with Crippen molar-refractivity contribution in [1.82, 2.24) is 5.32 Å². The summed E-state index contributed by atoms with van der Waals surface area (Å²) >= 11 is 0. The highest BCUT2D eigenvalue weighted by Crippen LogP contribution is 2.33. The third kappa shape index (κ3) is 27.2. The number of allylic oxidation sites excluding steroid dienone is 9. The fraction of sp³-hybridized carbons (Fsp3) is 0.817. The number of carbonyl (C=O) groups excluding carboxylic acids is 1. The van der Waals surface area contributed by atoms with Gasteiger partial charge in [0.1, 0.15) is 73.2 Å². The first kappa shape index (κ1) is 70.8. The Morgan fingerprint density at radius 3 is 1.37 bits per heavy atom. The van der Waals surface area contributed by atoms with E-state index >= 15 is 0 Å². The molecular weight excluding hydrogens is 1020 g/mol. The van der Waals surface area contributed by atoms with E-state index in [1.165, 1.54) is 77.0 Å². The third-order valence-electron chi connectivity index (χ3n) is 14.8. The molecule has 3 fully saturated rings. The van der Waals surface area contributed by atoms with Crippen molar-refractivity contribution < 1.29 is 89.4 Å². The smallest absolute Gasteiger partial charge is 0.220 e. The molecule has 3 heterocycles. The summed E-state index contributed by atoms with van der Waals surface area (Å²) in [6, 6.07) is -0.974. The largest absolute Gasteiger partial charge is 0.394 e. The molecular formula is C60H105NO18. The number of amides is 1. The van der Waals surface area contributed by atoms with Gasteiger partial charge in [0.25, 0.3) is 0 Å². The number of nitrogens with one attached hydrogen (secondary N) is 1. The Kier molecular flexibility index (Phi) is 38.7. The molecule has 19 heteroatoms. The van der Waals surface area contributed by atoms with Crippen LogP contribution in [0.1, 0.15) is 181 Å². The minimum Gasteiger partial charge on any atom is -0.394 e. The van der Waals surface area contributed by atoms with Gasteiger partial charge in [0.15, 0.2) is 18.9 Å². The molecule has 0 bridgehead atoms. The maximum atomic E-state index is 13.3. The van der Waals surface area contributed by atoms with Gasteiger partial charge < -0.3 is 89.9 Å². The minimum absolute atomic E-state index is 0.238. The molecule has 0 aromatic rings. The lowest BCUT2D eigenvalue weighted by Crippen LogP contribution is -2.66. The molecule has 3 aliphatic heterocycles. The zero-order chi connectivity index (χ0) is 57.6. The number of ether oxygens (including phenoxy) is 6. The number of aliphatic hydroxyl groups is 11. The summed E-state index contributed by atoms with van der Waals surface area (Å²) in [6.07, 6.45) is 22.3. The molecule has 3 saturated heterocycles. The van der Waals surface area contributed by atoms with Crippen LogP contribution in [0.25, 0.3) is 0 Å². The third-order valence-corrected chi connectivity index (χ3v) is 14.8. The molecule has 19 nitrogen and oxygen atoms in total. The first-order chi connectivity index (χ1) is 38.3. The van der Waals surface area contributed by atoms with E-state index in [1.54, 1.807) is 6.08 Å². The van der Waals surface area contributed by atoms with Gasteiger partial charge in [0.05, 0.1) is 38.6 Å². The molecule has 0 aromatic heterocycles. The van der Waals surface area contributed by atoms with Gasteiger partial charge in [0, 0.05) is 6.42 Å². The summed E-state index contributed by atoms with van der Waals surface area (Å²) in [5, 5.41) is 120. The quantitative estimate of drug-likeness (QED) is 0.0274. The summed E-state index contributed by atoms with van der Waals surface area (Å²) in [4.78, 5) is 13.3. The summed E-state index contributed by atoms with van der Waals surface area (Å²) in [6.45, 7) is 1.55. The number of rotatable bonds is 43. The average molecular weight is 1130 g/mol. The lowest BCUT2D eigenvalue weighted by atomic mass is 9.96. The molecule has 1 amide bonds. The maximum absolute atomic E-state index is 13.3. The van der Waals surface area contributed by atoms with Crippen LogP contribution in [0.5, 0.6) is 0 Å². The van der Waals surface area contributed by atoms with E-state index < -0.39 is 124 Å². The van der Waals surface area contributed by atoms with E-state index in [2.05, 4.69) is 67.8 Å². The molecule has 79 heavy (non-hydrogen) atoms. The average Bonchev–Trinajstić information content (AvgIpc) is 3.47. The zero-order valence-electron chi connectivity index (χ0n) is 47.6. The number of carbonyl (C=O) groups is 1. The first-order valence-electron chi connectivity index (χ1n) is 30.0. The summed E-state index contributed by atoms with van der Waals surface area (Å²) in [7, 11) is 0. The van der Waals surface area contributed by atoms with Crippen LogP contribution in [0.3, 0.4) is 0 Å². The van der Waals surface area contributed by atoms with E-state index in [0.29, 0.717) is 6.42 Å². The van der Waals surface area contributed by atoms with Crippen LogP contribution < -0.4 is 5.32 Å². The molecule has 17 unspecified atom stereocenters. The Bertz CT molecular complexity index is 1680. The van der Waals surface area contributed by atoms with E-state index in [1.807, 2.05) is 6.08 Å². The maximum Gasteiger partial charge on any atom is 0.220 e. The number of aliphatic hydroxyl groups excluding tert-OH is 11. The van der Waals surface area contributed by atoms with Crippen LogP contribution in [0.2, 0.25) is 0 Å². The Labute approximate surface area is 471 Å². The topological polar surface area (TPSA) is 307 Å². The first-order valence-corrected chi connectivity index (χ1v) is 30.0. The SMILES string of the molecule is CC/C=C\C/C=C\C/C=C\C/C=C\CCCCCCCCCCCCCCC(=O)NC(COC1OC(CO)C(OC2OC(CO)C(OC3OC(CO)C(O)C(O)C3O)C(O)C2O)C(O)C1O)C(O)/C=C/CCCCCCCCC. The van der Waals surface area contributed by atoms with Crippen LogP contribution in [0.4, 0.5) is 0 Å². The van der Waals surface area contributed by atoms with Gasteiger partial charge in [-0.1, -0.05) is 177 Å². The van der Waals surface area contributed by atoms with Gasteiger partial charge in [-0.2, -0.15) is 0 Å². The molecule has 0 aromatic carbocycles. The van der Waals surface area contributed by atoms with Gasteiger partial charge in [-0.25, -0.2) is 0 Å². The van der Waals surface area contributed by atoms with E-state index in [0.717, 1.165) is 77.0 Å². The van der Waals surface area contributed by atoms with Crippen molar-refractivity contribution in [1.29, 1.82) is 0 Å². The second-order valence-corrected chi connectivity index (χ2v) is 21.4. The molecule has 12 N–H and O–H groups in total. The van der Waals surface area contributed by atoms with Crippen molar-refractivity contribution in [3.05, 3.63) is 60.8 Å². The van der Waals surface area contributed by atoms with Crippen molar-refractivity contribution in [3.63, 3.8) is 0 Å². The predicted molar refractivity (Wildman–Crippen MR) is 300 cm³/mol. The highest BCUT2D eigenvalue weighted by atomic mass is 16.8. The standard InChI is InChI=1S/C60H105NO18/c1-3-5-7-9-11-13-14-15-16-17-18-19-20-21-22-23-24-25-26-27-28-30-32-34-36-38-48(66)61-43(44(65)37-35-33-31-29-12-10-8-6-4-2)42-74-58-54(72)51(69)56(46(40-63)76-58)79-60-55(73)52(70)57(47(41-64)77-60)78-59-53(71)50(68)49(67)45(39-62)75-59/h5,7,11,13,15-16,18-19,35,37,43-47,49-60,62-65,67-73H,3-4,6,8-10,12,14,17,20-34,36,38-42H2,1-2H3,(H,61,66)/b7-5-,13-11-,16-15-,19-18-,37-35+. The van der Waals surface area contributed by atoms with E-state index in [-0.39, 0.29) is 18.9 Å². The Hall–Kier alpha value is -2.51. The Morgan fingerprint density at radius 2 is 0.873 bits per heavy atom. The second kappa shape index (κ2) is 43.2. The van der Waals surface area contributed by atoms with E-state index in [9.17, 15) is 61.0 Å². The highest BCUT2D eigenvalue weighted by molar-refractivity contribution is 5.76. The van der Waals surface area contributed by atoms with Crippen molar-refractivity contribution in [2.24, 2.45) is 0 Å². The monoisotopic (exact) mass is 1130 g/mol. The highest BCUT2D eigenvalue weighted by Gasteiger charge is 2.53. The van der Waals surface area contributed by atoms with Crippen LogP contribution in [-0.2, 0) is 33.2 Å². The Balaban J connectivity index is 1.43. The molecule has 0 spiro atoms. The van der Waals surface area contributed by atoms with E-state index in [4.69, 9.17) is 28.4 Å². The molecule has 3 rings (SSSR count). The fourth-order valence-electron chi connectivity index (χ4n) is 9.89. The lowest BCUT2D eigenvalue weighted by Gasteiger charge is -2.48. The fourth-order valence-corrected chi connectivity index (χ4v) is 9.89. The summed E-state index contributed by atoms with van der Waals surface area (Å²) < 4.78 is 34.2. The molecule has 3 aliphatic rings. The van der Waals surface area contributed by atoms with Crippen LogP contribution in [0, 0.1) is 0 Å². The van der Waals surface area contributed by atoms with Crippen LogP contribution >= 0.6 is 0 Å². The van der Waals surface area contributed by atoms with Crippen molar-refractivity contribution in [2.45, 2.75) is 285 Å². The molecule has 0 radical (unpaired) electrons. The van der Waals surface area contributed by atoms with Gasteiger partial charge in [-0.05, 0) is 57.8 Å². The van der Waals surface area contributed by atoms with Crippen LogP contribution in [-0.4, -0.2) is 193 Å². The zero-order valence-corrected chi connectivity index (χ0v) is 47.6. The summed E-state index contributed by atoms with van der Waals surface area (Å²) in [5.74, 6) is -0.284. The van der Waals surface area contributed by atoms with Gasteiger partial charge >= 0.3 is 0 Å². The lowest BCUT2D eigenvalue weighted by molar-refractivity contribution is -0.379. The predicted octanol–water partition coefficient (Wildman–Crippen LogP) is 5.26. The van der Waals surface area contributed by atoms with Crippen molar-refractivity contribution in [2.75, 3.05) is 26.4 Å². The second-order valence-electron chi connectivity index (χ2n) is 21.4. The molecule has 0 saturated carbocycles. The minimum atomic E-state index is -1.98. The molecule has 17 atom stereocenters. The van der Waals surface area contributed by atoms with Gasteiger partial charge in [-0.15, -0.1) is 0 Å². The van der Waals surface area contributed by atoms with Gasteiger partial charge in [0.2, 0.25) is 5.91 Å². The number of unbranched alkanes of at least 4 members (excludes halogenated alkanes) is 19. The van der Waals surface area contributed by atoms with Crippen LogP contribution in [0.15, 0.2) is 60.8 Å². The van der Waals surface area contributed by atoms with Crippen molar-refractivity contribution >= 4 is 5.91 Å². The molecule has 0 aliphatic carbocycles. The number of hydrogen-bond acceptors (Lipinski definition) is 18. The summed E-state index contributed by atoms with van der Waals surface area (Å²) in [5.41, 5.74) is 0. The molecule has 458 valence electrons. The van der Waals surface area contributed by atoms with Crippen molar-refractivity contribution in [3.8, 4) is 0 Å². The number of hydrogen-bond donors (Lipinski definition) is 12. The Morgan fingerprint density at radius 1 is 0.468 bits per heavy atom.